The van der Waals surface area contributed by atoms with Crippen LogP contribution >= 0.6 is 27.7 Å². The molecule has 1 aromatic carbocycles. The molecule has 0 bridgehead atoms. The quantitative estimate of drug-likeness (QED) is 0.884. The number of nitrogens with zero attached hydrogens (tertiary/aromatic N) is 3. The molecular weight excluding hydrogens is 288 g/mol. The first kappa shape index (κ1) is 11.5. The summed E-state index contributed by atoms with van der Waals surface area (Å²) < 4.78 is 2.75. The third kappa shape index (κ3) is 2.38. The molecule has 0 aliphatic rings. The molecule has 16 heavy (non-hydrogen) atoms. The highest BCUT2D eigenvalue weighted by Crippen LogP contribution is 2.19. The van der Waals surface area contributed by atoms with Crippen molar-refractivity contribution in [1.82, 2.24) is 14.8 Å². The number of anilines is 1. The van der Waals surface area contributed by atoms with Crippen molar-refractivity contribution < 1.29 is 0 Å². The third-order valence-electron chi connectivity index (χ3n) is 2.14. The number of halogens is 1. The van der Waals surface area contributed by atoms with Gasteiger partial charge in [-0.1, -0.05) is 45.9 Å². The zero-order valence-corrected chi connectivity index (χ0v) is 11.1. The average molecular weight is 299 g/mol. The largest absolute Gasteiger partial charge is 0.368 e. The number of hydrogen-bond acceptors (Lipinski definition) is 4. The molecule has 0 unspecified atom stereocenters. The number of aromatic nitrogens is 3. The molecule has 0 amide bonds. The van der Waals surface area contributed by atoms with E-state index in [0.717, 1.165) is 10.0 Å². The van der Waals surface area contributed by atoms with Crippen molar-refractivity contribution >= 4 is 33.6 Å². The molecule has 1 heterocycles. The lowest BCUT2D eigenvalue weighted by Crippen LogP contribution is -2.06. The van der Waals surface area contributed by atoms with Crippen molar-refractivity contribution in [2.75, 3.05) is 12.0 Å². The fourth-order valence-electron chi connectivity index (χ4n) is 1.32. The molecule has 2 N–H and O–H groups in total. The van der Waals surface area contributed by atoms with E-state index in [1.165, 1.54) is 11.8 Å². The van der Waals surface area contributed by atoms with E-state index in [9.17, 15) is 0 Å². The summed E-state index contributed by atoms with van der Waals surface area (Å²) in [4.78, 5) is 4.13. The van der Waals surface area contributed by atoms with Crippen molar-refractivity contribution in [3.05, 3.63) is 34.3 Å². The lowest BCUT2D eigenvalue weighted by molar-refractivity contribution is 0.673. The summed E-state index contributed by atoms with van der Waals surface area (Å²) in [6.07, 6.45) is 1.93. The standard InChI is InChI=1S/C10H11BrN4S/c1-16-10-13-9(12)15(14-10)6-7-4-2-3-5-8(7)11/h2-5H,6H2,1H3,(H2,12,13,14). The zero-order valence-electron chi connectivity index (χ0n) is 8.72. The molecule has 0 fully saturated rings. The third-order valence-corrected chi connectivity index (χ3v) is 3.45. The van der Waals surface area contributed by atoms with Crippen LogP contribution in [0.3, 0.4) is 0 Å². The van der Waals surface area contributed by atoms with E-state index in [0.29, 0.717) is 17.6 Å². The Bertz CT molecular complexity index is 497. The van der Waals surface area contributed by atoms with Gasteiger partial charge in [-0.2, -0.15) is 4.98 Å². The Morgan fingerprint density at radius 3 is 2.81 bits per heavy atom. The van der Waals surface area contributed by atoms with Crippen LogP contribution in [0.25, 0.3) is 0 Å². The maximum atomic E-state index is 5.78. The van der Waals surface area contributed by atoms with E-state index < -0.39 is 0 Å². The SMILES string of the molecule is CSc1nc(N)n(Cc2ccccc2Br)n1. The van der Waals surface area contributed by atoms with E-state index in [1.807, 2.05) is 30.5 Å². The van der Waals surface area contributed by atoms with Crippen molar-refractivity contribution in [2.24, 2.45) is 0 Å². The second-order valence-electron chi connectivity index (χ2n) is 3.21. The minimum Gasteiger partial charge on any atom is -0.368 e. The van der Waals surface area contributed by atoms with Gasteiger partial charge in [-0.05, 0) is 17.9 Å². The van der Waals surface area contributed by atoms with Crippen LogP contribution in [0.5, 0.6) is 0 Å². The van der Waals surface area contributed by atoms with Gasteiger partial charge in [0.25, 0.3) is 0 Å². The van der Waals surface area contributed by atoms with Crippen molar-refractivity contribution in [2.45, 2.75) is 11.7 Å². The number of thioether (sulfide) groups is 1. The van der Waals surface area contributed by atoms with Gasteiger partial charge < -0.3 is 5.73 Å². The topological polar surface area (TPSA) is 56.7 Å². The Morgan fingerprint density at radius 2 is 2.19 bits per heavy atom. The number of hydrogen-bond donors (Lipinski definition) is 1. The molecule has 0 aliphatic carbocycles. The molecule has 84 valence electrons. The van der Waals surface area contributed by atoms with Gasteiger partial charge in [0.1, 0.15) is 0 Å². The minimum absolute atomic E-state index is 0.445. The Kier molecular flexibility index (Phi) is 3.50. The first-order valence-corrected chi connectivity index (χ1v) is 6.70. The highest BCUT2D eigenvalue weighted by atomic mass is 79.9. The molecule has 0 saturated carbocycles. The number of nitrogens with two attached hydrogens (primary N) is 1. The number of rotatable bonds is 3. The first-order chi connectivity index (χ1) is 7.70. The fourth-order valence-corrected chi connectivity index (χ4v) is 2.10. The van der Waals surface area contributed by atoms with Crippen molar-refractivity contribution in [3.8, 4) is 0 Å². The molecule has 1 aromatic heterocycles. The van der Waals surface area contributed by atoms with E-state index >= 15 is 0 Å². The lowest BCUT2D eigenvalue weighted by Gasteiger charge is -2.04. The average Bonchev–Trinajstić information content (AvgIpc) is 2.63. The summed E-state index contributed by atoms with van der Waals surface area (Å²) in [5, 5.41) is 4.99. The summed E-state index contributed by atoms with van der Waals surface area (Å²) in [5.74, 6) is 0.445. The van der Waals surface area contributed by atoms with Gasteiger partial charge in [0.15, 0.2) is 0 Å². The summed E-state index contributed by atoms with van der Waals surface area (Å²) in [7, 11) is 0. The van der Waals surface area contributed by atoms with Gasteiger partial charge in [-0.25, -0.2) is 4.68 Å². The van der Waals surface area contributed by atoms with Gasteiger partial charge >= 0.3 is 0 Å². The molecule has 4 nitrogen and oxygen atoms in total. The van der Waals surface area contributed by atoms with Crippen LogP contribution in [0.1, 0.15) is 5.56 Å². The fraction of sp³-hybridized carbons (Fsp3) is 0.200. The second-order valence-corrected chi connectivity index (χ2v) is 4.83. The summed E-state index contributed by atoms with van der Waals surface area (Å²) in [6.45, 7) is 0.626. The molecule has 0 saturated heterocycles. The number of nitrogen functional groups attached to an aromatic ring is 1. The van der Waals surface area contributed by atoms with E-state index in [2.05, 4.69) is 26.0 Å². The molecule has 6 heteroatoms. The molecule has 0 aliphatic heterocycles. The van der Waals surface area contributed by atoms with Crippen LogP contribution in [0.2, 0.25) is 0 Å². The second kappa shape index (κ2) is 4.88. The van der Waals surface area contributed by atoms with Crippen molar-refractivity contribution in [3.63, 3.8) is 0 Å². The predicted molar refractivity (Wildman–Crippen MR) is 69.5 cm³/mol. The van der Waals surface area contributed by atoms with Crippen LogP contribution in [-0.2, 0) is 6.54 Å². The maximum absolute atomic E-state index is 5.78. The van der Waals surface area contributed by atoms with Crippen LogP contribution in [0.15, 0.2) is 33.9 Å². The molecule has 2 rings (SSSR count). The number of benzene rings is 1. The Balaban J connectivity index is 2.27. The van der Waals surface area contributed by atoms with E-state index in [-0.39, 0.29) is 0 Å². The van der Waals surface area contributed by atoms with Gasteiger partial charge in [-0.15, -0.1) is 5.10 Å². The van der Waals surface area contributed by atoms with E-state index in [1.54, 1.807) is 4.68 Å². The lowest BCUT2D eigenvalue weighted by atomic mass is 10.2. The Labute approximate surface area is 106 Å². The smallest absolute Gasteiger partial charge is 0.219 e. The van der Waals surface area contributed by atoms with Gasteiger partial charge in [0.2, 0.25) is 11.1 Å². The Morgan fingerprint density at radius 1 is 1.44 bits per heavy atom. The van der Waals surface area contributed by atoms with Gasteiger partial charge in [0.05, 0.1) is 6.54 Å². The first-order valence-electron chi connectivity index (χ1n) is 4.68. The van der Waals surface area contributed by atoms with Crippen LogP contribution in [-0.4, -0.2) is 21.0 Å². The van der Waals surface area contributed by atoms with Crippen LogP contribution < -0.4 is 5.73 Å². The van der Waals surface area contributed by atoms with Gasteiger partial charge in [0, 0.05) is 4.47 Å². The van der Waals surface area contributed by atoms with Gasteiger partial charge in [-0.3, -0.25) is 0 Å². The highest BCUT2D eigenvalue weighted by molar-refractivity contribution is 9.10. The van der Waals surface area contributed by atoms with Crippen LogP contribution in [0, 0.1) is 0 Å². The Hall–Kier alpha value is -1.01. The molecule has 0 spiro atoms. The predicted octanol–water partition coefficient (Wildman–Crippen LogP) is 2.39. The zero-order chi connectivity index (χ0) is 11.5. The summed E-state index contributed by atoms with van der Waals surface area (Å²) in [5.41, 5.74) is 6.91. The molecular formula is C10H11BrN4S. The monoisotopic (exact) mass is 298 g/mol. The minimum atomic E-state index is 0.445. The maximum Gasteiger partial charge on any atom is 0.219 e. The van der Waals surface area contributed by atoms with Crippen molar-refractivity contribution in [1.29, 1.82) is 0 Å². The summed E-state index contributed by atoms with van der Waals surface area (Å²) in [6, 6.07) is 8.00. The molecule has 0 radical (unpaired) electrons. The molecule has 0 atom stereocenters. The highest BCUT2D eigenvalue weighted by Gasteiger charge is 2.07. The van der Waals surface area contributed by atoms with Crippen LogP contribution in [0.4, 0.5) is 5.95 Å². The normalized spacial score (nSPS) is 10.6. The van der Waals surface area contributed by atoms with E-state index in [4.69, 9.17) is 5.73 Å². The molecule has 2 aromatic rings. The summed E-state index contributed by atoms with van der Waals surface area (Å²) >= 11 is 4.98.